The maximum atomic E-state index is 12.0. The predicted molar refractivity (Wildman–Crippen MR) is 120 cm³/mol. The van der Waals surface area contributed by atoms with Gasteiger partial charge in [0.2, 0.25) is 11.8 Å². The average molecular weight is 395 g/mol. The molecule has 0 fully saturated rings. The van der Waals surface area contributed by atoms with Crippen molar-refractivity contribution >= 4 is 29.4 Å². The van der Waals surface area contributed by atoms with Crippen LogP contribution in [-0.2, 0) is 9.59 Å². The summed E-state index contributed by atoms with van der Waals surface area (Å²) in [7, 11) is 0. The minimum Gasteiger partial charge on any atom is -0.372 e. The van der Waals surface area contributed by atoms with E-state index >= 15 is 0 Å². The van der Waals surface area contributed by atoms with Crippen molar-refractivity contribution in [3.05, 3.63) is 59.2 Å². The Balaban J connectivity index is 1.76. The third-order valence-corrected chi connectivity index (χ3v) is 4.79. The molecule has 0 heterocycles. The molecule has 29 heavy (non-hydrogen) atoms. The fourth-order valence-electron chi connectivity index (χ4n) is 2.86. The van der Waals surface area contributed by atoms with Gasteiger partial charge in [0.1, 0.15) is 0 Å². The first-order valence-corrected chi connectivity index (χ1v) is 9.97. The Morgan fingerprint density at radius 2 is 1.59 bits per heavy atom. The largest absolute Gasteiger partial charge is 0.372 e. The lowest BCUT2D eigenvalue weighted by molar-refractivity contribution is -0.124. The van der Waals surface area contributed by atoms with Gasteiger partial charge >= 0.3 is 0 Å². The van der Waals surface area contributed by atoms with Gasteiger partial charge in [-0.15, -0.1) is 0 Å². The van der Waals surface area contributed by atoms with Crippen LogP contribution < -0.4 is 15.6 Å². The Labute approximate surface area is 173 Å². The molecule has 6 nitrogen and oxygen atoms in total. The van der Waals surface area contributed by atoms with Crippen LogP contribution in [0.15, 0.2) is 47.6 Å². The minimum atomic E-state index is -0.295. The Kier molecular flexibility index (Phi) is 8.40. The Bertz CT molecular complexity index is 856. The predicted octanol–water partition coefficient (Wildman–Crippen LogP) is 4.02. The normalized spacial score (nSPS) is 10.8. The van der Waals surface area contributed by atoms with Gasteiger partial charge in [-0.2, -0.15) is 5.10 Å². The lowest BCUT2D eigenvalue weighted by Crippen LogP contribution is -2.21. The molecule has 2 aromatic carbocycles. The number of amides is 2. The van der Waals surface area contributed by atoms with Crippen LogP contribution in [0.5, 0.6) is 0 Å². The van der Waals surface area contributed by atoms with Gasteiger partial charge < -0.3 is 10.2 Å². The number of anilines is 2. The van der Waals surface area contributed by atoms with E-state index in [1.807, 2.05) is 56.3 Å². The van der Waals surface area contributed by atoms with Crippen molar-refractivity contribution in [2.75, 3.05) is 23.3 Å². The lowest BCUT2D eigenvalue weighted by Gasteiger charge is -2.20. The number of nitrogens with zero attached hydrogens (tertiary/aromatic N) is 2. The highest BCUT2D eigenvalue weighted by molar-refractivity contribution is 5.93. The van der Waals surface area contributed by atoms with Gasteiger partial charge in [-0.05, 0) is 68.7 Å². The SMILES string of the molecule is CCN(CC)c1ccc(C=NNC(=O)CCC(=O)Nc2ccc(C)c(C)c2)cc1. The van der Waals surface area contributed by atoms with Crippen molar-refractivity contribution in [3.63, 3.8) is 0 Å². The van der Waals surface area contributed by atoms with E-state index in [1.54, 1.807) is 6.21 Å². The second-order valence-electron chi connectivity index (χ2n) is 6.90. The van der Waals surface area contributed by atoms with Gasteiger partial charge in [-0.3, -0.25) is 9.59 Å². The molecule has 0 atom stereocenters. The van der Waals surface area contributed by atoms with Crippen LogP contribution in [0, 0.1) is 13.8 Å². The quantitative estimate of drug-likeness (QED) is 0.498. The number of aryl methyl sites for hydroxylation is 2. The van der Waals surface area contributed by atoms with Gasteiger partial charge in [0.15, 0.2) is 0 Å². The average Bonchev–Trinajstić information content (AvgIpc) is 2.71. The van der Waals surface area contributed by atoms with Gasteiger partial charge in [0, 0.05) is 37.3 Å². The molecule has 2 N–H and O–H groups in total. The summed E-state index contributed by atoms with van der Waals surface area (Å²) in [5.74, 6) is -0.490. The van der Waals surface area contributed by atoms with Crippen LogP contribution >= 0.6 is 0 Å². The van der Waals surface area contributed by atoms with Crippen LogP contribution in [0.3, 0.4) is 0 Å². The molecule has 2 amide bonds. The summed E-state index contributed by atoms with van der Waals surface area (Å²) in [5, 5.41) is 6.78. The molecule has 0 unspecified atom stereocenters. The van der Waals surface area contributed by atoms with E-state index in [0.717, 1.165) is 35.6 Å². The molecule has 0 aromatic heterocycles. The zero-order valence-electron chi connectivity index (χ0n) is 17.7. The van der Waals surface area contributed by atoms with E-state index in [-0.39, 0.29) is 24.7 Å². The number of rotatable bonds is 9. The molecule has 0 bridgehead atoms. The van der Waals surface area contributed by atoms with Crippen molar-refractivity contribution in [1.82, 2.24) is 5.43 Å². The molecule has 0 aliphatic heterocycles. The van der Waals surface area contributed by atoms with E-state index in [0.29, 0.717) is 0 Å². The number of hydrogen-bond acceptors (Lipinski definition) is 4. The summed E-state index contributed by atoms with van der Waals surface area (Å²) in [6, 6.07) is 13.7. The Hall–Kier alpha value is -3.15. The van der Waals surface area contributed by atoms with Gasteiger partial charge in [0.05, 0.1) is 6.21 Å². The molecular weight excluding hydrogens is 364 g/mol. The monoisotopic (exact) mass is 394 g/mol. The van der Waals surface area contributed by atoms with E-state index in [4.69, 9.17) is 0 Å². The van der Waals surface area contributed by atoms with E-state index in [2.05, 4.69) is 34.6 Å². The molecule has 154 valence electrons. The first-order valence-electron chi connectivity index (χ1n) is 9.97. The maximum Gasteiger partial charge on any atom is 0.240 e. The highest BCUT2D eigenvalue weighted by atomic mass is 16.2. The van der Waals surface area contributed by atoms with Crippen molar-refractivity contribution < 1.29 is 9.59 Å². The van der Waals surface area contributed by atoms with E-state index < -0.39 is 0 Å². The molecule has 2 rings (SSSR count). The molecular formula is C23H30N4O2. The molecule has 6 heteroatoms. The maximum absolute atomic E-state index is 12.0. The van der Waals surface area contributed by atoms with Crippen molar-refractivity contribution in [3.8, 4) is 0 Å². The van der Waals surface area contributed by atoms with Crippen LogP contribution in [0.2, 0.25) is 0 Å². The summed E-state index contributed by atoms with van der Waals surface area (Å²) in [6.45, 7) is 10.2. The van der Waals surface area contributed by atoms with Crippen molar-refractivity contribution in [2.24, 2.45) is 5.10 Å². The zero-order valence-corrected chi connectivity index (χ0v) is 17.7. The summed E-state index contributed by atoms with van der Waals surface area (Å²) in [4.78, 5) is 26.2. The highest BCUT2D eigenvalue weighted by Gasteiger charge is 2.07. The Morgan fingerprint density at radius 1 is 0.931 bits per heavy atom. The van der Waals surface area contributed by atoms with Crippen LogP contribution in [0.1, 0.15) is 43.4 Å². The second-order valence-corrected chi connectivity index (χ2v) is 6.90. The topological polar surface area (TPSA) is 73.8 Å². The number of hydrazone groups is 1. The third-order valence-electron chi connectivity index (χ3n) is 4.79. The summed E-state index contributed by atoms with van der Waals surface area (Å²) in [5.41, 5.74) is 7.54. The molecule has 0 spiro atoms. The van der Waals surface area contributed by atoms with Crippen molar-refractivity contribution in [2.45, 2.75) is 40.5 Å². The first kappa shape index (κ1) is 22.1. The van der Waals surface area contributed by atoms with Crippen LogP contribution in [0.25, 0.3) is 0 Å². The molecule has 0 saturated heterocycles. The number of carbonyl (C=O) groups is 2. The number of carbonyl (C=O) groups excluding carboxylic acids is 2. The van der Waals surface area contributed by atoms with Crippen molar-refractivity contribution in [1.29, 1.82) is 0 Å². The van der Waals surface area contributed by atoms with Crippen LogP contribution in [0.4, 0.5) is 11.4 Å². The molecule has 0 saturated carbocycles. The second kappa shape index (κ2) is 11.0. The fraction of sp³-hybridized carbons (Fsp3) is 0.348. The fourth-order valence-corrected chi connectivity index (χ4v) is 2.86. The smallest absolute Gasteiger partial charge is 0.240 e. The van der Waals surface area contributed by atoms with Gasteiger partial charge in [0.25, 0.3) is 0 Å². The number of benzene rings is 2. The summed E-state index contributed by atoms with van der Waals surface area (Å²) in [6.07, 6.45) is 1.78. The zero-order chi connectivity index (χ0) is 21.2. The molecule has 0 aliphatic carbocycles. The molecule has 2 aromatic rings. The molecule has 0 radical (unpaired) electrons. The Morgan fingerprint density at radius 3 is 2.21 bits per heavy atom. The summed E-state index contributed by atoms with van der Waals surface area (Å²) < 4.78 is 0. The van der Waals surface area contributed by atoms with Gasteiger partial charge in [-0.1, -0.05) is 18.2 Å². The van der Waals surface area contributed by atoms with Crippen LogP contribution in [-0.4, -0.2) is 31.1 Å². The number of nitrogens with one attached hydrogen (secondary N) is 2. The highest BCUT2D eigenvalue weighted by Crippen LogP contribution is 2.15. The van der Waals surface area contributed by atoms with Gasteiger partial charge in [-0.25, -0.2) is 5.43 Å². The molecule has 0 aliphatic rings. The third kappa shape index (κ3) is 7.07. The summed E-state index contributed by atoms with van der Waals surface area (Å²) >= 11 is 0. The standard InChI is InChI=1S/C23H30N4O2/c1-5-27(6-2)21-11-8-19(9-12-21)16-24-26-23(29)14-13-22(28)25-20-10-7-17(3)18(4)15-20/h7-12,15-16H,5-6,13-14H2,1-4H3,(H,25,28)(H,26,29). The first-order chi connectivity index (χ1) is 13.9. The number of hydrogen-bond donors (Lipinski definition) is 2. The minimum absolute atomic E-state index is 0.0783. The van der Waals surface area contributed by atoms with E-state index in [9.17, 15) is 9.59 Å². The lowest BCUT2D eigenvalue weighted by atomic mass is 10.1. The van der Waals surface area contributed by atoms with E-state index in [1.165, 1.54) is 5.56 Å².